The van der Waals surface area contributed by atoms with Gasteiger partial charge in [0.15, 0.2) is 0 Å². The average molecular weight is 705 g/mol. The molecule has 0 spiro atoms. The zero-order valence-electron chi connectivity index (χ0n) is 33.1. The van der Waals surface area contributed by atoms with Crippen LogP contribution in [0.4, 0.5) is 0 Å². The Kier molecular flexibility index (Phi) is 18.2. The predicted octanol–water partition coefficient (Wildman–Crippen LogP) is 7.75. The minimum atomic E-state index is -0.540. The van der Waals surface area contributed by atoms with Crippen LogP contribution in [0, 0.1) is 29.1 Å². The highest BCUT2D eigenvalue weighted by Gasteiger charge is 2.39. The lowest BCUT2D eigenvalue weighted by atomic mass is 9.62. The van der Waals surface area contributed by atoms with Gasteiger partial charge in [0.2, 0.25) is 0 Å². The van der Waals surface area contributed by atoms with Crippen LogP contribution in [0.1, 0.15) is 101 Å². The van der Waals surface area contributed by atoms with E-state index in [1.165, 1.54) is 0 Å². The van der Waals surface area contributed by atoms with Crippen molar-refractivity contribution in [1.82, 2.24) is 0 Å². The van der Waals surface area contributed by atoms with E-state index in [0.29, 0.717) is 53.7 Å². The second kappa shape index (κ2) is 20.7. The first kappa shape index (κ1) is 43.9. The summed E-state index contributed by atoms with van der Waals surface area (Å²) in [6, 6.07) is 8.20. The molecule has 5 unspecified atom stereocenters. The third-order valence-corrected chi connectivity index (χ3v) is 11.7. The summed E-state index contributed by atoms with van der Waals surface area (Å²) in [6.45, 7) is 15.9. The summed E-state index contributed by atoms with van der Waals surface area (Å²) in [5.41, 5.74) is 4.32. The standard InChI is InChI=1S/C41H68O9/c1-27(40(4,5)29(3)17-30(22-46-8)37(42)15-16-45-7)13-14-28(2)41(6,35-18-31(23-47-9)38(43)32(19-35)24-48-10)36-20-33(25-49-11)39(44)34(21-36)26-50-12/h18-21,27-30,37,42-44H,13-17,22-26H2,1-12H3. The third-order valence-electron chi connectivity index (χ3n) is 11.7. The Morgan fingerprint density at radius 2 is 0.960 bits per heavy atom. The second-order valence-electron chi connectivity index (χ2n) is 15.1. The largest absolute Gasteiger partial charge is 0.507 e. The first-order valence-corrected chi connectivity index (χ1v) is 18.0. The van der Waals surface area contributed by atoms with E-state index in [4.69, 9.17) is 28.4 Å². The van der Waals surface area contributed by atoms with Gasteiger partial charge in [0.1, 0.15) is 11.5 Å². The molecule has 0 amide bonds. The number of aromatic hydroxyl groups is 2. The first-order valence-electron chi connectivity index (χ1n) is 18.0. The molecule has 9 heteroatoms. The summed E-state index contributed by atoms with van der Waals surface area (Å²) in [5, 5.41) is 33.2. The van der Waals surface area contributed by atoms with Crippen molar-refractivity contribution in [3.8, 4) is 11.5 Å². The first-order chi connectivity index (χ1) is 23.7. The fourth-order valence-corrected chi connectivity index (χ4v) is 7.35. The Labute approximate surface area is 302 Å². The molecule has 0 heterocycles. The monoisotopic (exact) mass is 704 g/mol. The fourth-order valence-electron chi connectivity index (χ4n) is 7.35. The number of hydrogen-bond donors (Lipinski definition) is 3. The van der Waals surface area contributed by atoms with Crippen molar-refractivity contribution in [3.63, 3.8) is 0 Å². The van der Waals surface area contributed by atoms with E-state index in [-0.39, 0.29) is 55.2 Å². The SMILES string of the molecule is COCCC(O)C(COC)CC(C)C(C)(C)C(C)CCC(C)C(C)(c1cc(COC)c(O)c(COC)c1)c1cc(COC)c(O)c(COC)c1. The molecule has 0 radical (unpaired) electrons. The summed E-state index contributed by atoms with van der Waals surface area (Å²) in [4.78, 5) is 0. The predicted molar refractivity (Wildman–Crippen MR) is 199 cm³/mol. The van der Waals surface area contributed by atoms with Crippen LogP contribution in [0.3, 0.4) is 0 Å². The van der Waals surface area contributed by atoms with Crippen molar-refractivity contribution in [2.75, 3.05) is 55.9 Å². The highest BCUT2D eigenvalue weighted by Crippen LogP contribution is 2.48. The molecular weight excluding hydrogens is 636 g/mol. The Morgan fingerprint density at radius 1 is 0.560 bits per heavy atom. The van der Waals surface area contributed by atoms with E-state index in [1.807, 2.05) is 24.3 Å². The topological polar surface area (TPSA) is 116 Å². The van der Waals surface area contributed by atoms with Crippen molar-refractivity contribution < 1.29 is 43.7 Å². The van der Waals surface area contributed by atoms with Gasteiger partial charge in [-0.05, 0) is 84.2 Å². The van der Waals surface area contributed by atoms with Gasteiger partial charge in [0.25, 0.3) is 0 Å². The summed E-state index contributed by atoms with van der Waals surface area (Å²) >= 11 is 0. The van der Waals surface area contributed by atoms with Crippen LogP contribution in [0.2, 0.25) is 0 Å². The van der Waals surface area contributed by atoms with Gasteiger partial charge >= 0.3 is 0 Å². The van der Waals surface area contributed by atoms with Gasteiger partial charge in [-0.1, -0.05) is 41.5 Å². The number of benzene rings is 2. The number of methoxy groups -OCH3 is 6. The van der Waals surface area contributed by atoms with Crippen LogP contribution in [0.5, 0.6) is 11.5 Å². The number of aliphatic hydroxyl groups excluding tert-OH is 1. The molecule has 50 heavy (non-hydrogen) atoms. The molecule has 0 fully saturated rings. The van der Waals surface area contributed by atoms with Crippen LogP contribution in [0.25, 0.3) is 0 Å². The van der Waals surface area contributed by atoms with Crippen LogP contribution in [-0.4, -0.2) is 77.3 Å². The second-order valence-corrected chi connectivity index (χ2v) is 15.1. The highest BCUT2D eigenvalue weighted by atomic mass is 16.5. The van der Waals surface area contributed by atoms with Gasteiger partial charge in [-0.3, -0.25) is 0 Å². The lowest BCUT2D eigenvalue weighted by Crippen LogP contribution is -2.36. The van der Waals surface area contributed by atoms with Crippen molar-refractivity contribution in [3.05, 3.63) is 57.6 Å². The van der Waals surface area contributed by atoms with Gasteiger partial charge in [-0.15, -0.1) is 0 Å². The van der Waals surface area contributed by atoms with Crippen molar-refractivity contribution in [2.24, 2.45) is 29.1 Å². The Morgan fingerprint density at radius 3 is 1.32 bits per heavy atom. The molecule has 0 saturated heterocycles. The molecular formula is C41H68O9. The van der Waals surface area contributed by atoms with E-state index in [2.05, 4.69) is 41.5 Å². The van der Waals surface area contributed by atoms with Crippen molar-refractivity contribution in [2.45, 2.75) is 105 Å². The van der Waals surface area contributed by atoms with Crippen LogP contribution in [-0.2, 0) is 60.3 Å². The summed E-state index contributed by atoms with van der Waals surface area (Å²) in [7, 11) is 9.86. The molecule has 0 aliphatic rings. The number of aliphatic hydroxyl groups is 1. The molecule has 286 valence electrons. The molecule has 0 aromatic heterocycles. The number of ether oxygens (including phenoxy) is 6. The molecule has 0 bridgehead atoms. The normalized spacial score (nSPS) is 15.5. The van der Waals surface area contributed by atoms with Gasteiger partial charge < -0.3 is 43.7 Å². The van der Waals surface area contributed by atoms with Crippen LogP contribution in [0.15, 0.2) is 24.3 Å². The molecule has 2 aromatic rings. The van der Waals surface area contributed by atoms with Gasteiger partial charge in [-0.2, -0.15) is 0 Å². The summed E-state index contributed by atoms with van der Waals surface area (Å²) < 4.78 is 32.8. The van der Waals surface area contributed by atoms with Crippen molar-refractivity contribution >= 4 is 0 Å². The molecule has 0 aliphatic heterocycles. The van der Waals surface area contributed by atoms with E-state index in [0.717, 1.165) is 30.4 Å². The van der Waals surface area contributed by atoms with Gasteiger partial charge in [-0.25, -0.2) is 0 Å². The Bertz CT molecular complexity index is 1170. The Balaban J connectivity index is 2.59. The van der Waals surface area contributed by atoms with E-state index in [1.54, 1.807) is 42.7 Å². The fraction of sp³-hybridized carbons (Fsp3) is 0.707. The number of hydrogen-bond acceptors (Lipinski definition) is 9. The van der Waals surface area contributed by atoms with Crippen molar-refractivity contribution in [1.29, 1.82) is 0 Å². The highest BCUT2D eigenvalue weighted by molar-refractivity contribution is 5.53. The van der Waals surface area contributed by atoms with Gasteiger partial charge in [0, 0.05) is 82.9 Å². The van der Waals surface area contributed by atoms with E-state index >= 15 is 0 Å². The smallest absolute Gasteiger partial charge is 0.126 e. The zero-order chi connectivity index (χ0) is 37.6. The summed E-state index contributed by atoms with van der Waals surface area (Å²) in [6.07, 6.45) is 2.88. The van der Waals surface area contributed by atoms with Crippen LogP contribution >= 0.6 is 0 Å². The van der Waals surface area contributed by atoms with Crippen LogP contribution < -0.4 is 0 Å². The minimum Gasteiger partial charge on any atom is -0.507 e. The average Bonchev–Trinajstić information content (AvgIpc) is 3.08. The number of phenols is 2. The molecule has 9 nitrogen and oxygen atoms in total. The van der Waals surface area contributed by atoms with E-state index in [9.17, 15) is 15.3 Å². The molecule has 0 aliphatic carbocycles. The summed E-state index contributed by atoms with van der Waals surface area (Å²) in [5.74, 6) is 1.26. The molecule has 3 N–H and O–H groups in total. The number of rotatable bonds is 24. The molecule has 5 atom stereocenters. The lowest BCUT2D eigenvalue weighted by molar-refractivity contribution is 0.0000192. The molecule has 2 rings (SSSR count). The maximum absolute atomic E-state index is 11.1. The maximum Gasteiger partial charge on any atom is 0.126 e. The number of phenolic OH excluding ortho intramolecular Hbond substituents is 2. The lowest BCUT2D eigenvalue weighted by Gasteiger charge is -2.42. The quantitative estimate of drug-likeness (QED) is 0.101. The zero-order valence-corrected chi connectivity index (χ0v) is 33.1. The maximum atomic E-state index is 11.1. The Hall–Kier alpha value is -2.24. The minimum absolute atomic E-state index is 0.00526. The third kappa shape index (κ3) is 10.9. The molecule has 2 aromatic carbocycles. The van der Waals surface area contributed by atoms with E-state index < -0.39 is 11.5 Å². The molecule has 0 saturated carbocycles. The van der Waals surface area contributed by atoms with Gasteiger partial charge in [0.05, 0.1) is 39.1 Å².